The third-order valence-corrected chi connectivity index (χ3v) is 4.16. The van der Waals surface area contributed by atoms with Gasteiger partial charge in [0.25, 0.3) is 10.0 Å². The normalized spacial score (nSPS) is 11.3. The highest BCUT2D eigenvalue weighted by Gasteiger charge is 2.20. The summed E-state index contributed by atoms with van der Waals surface area (Å²) < 4.78 is 35.4. The number of halogens is 1. The fourth-order valence-electron chi connectivity index (χ4n) is 1.50. The van der Waals surface area contributed by atoms with Gasteiger partial charge in [-0.15, -0.1) is 0 Å². The van der Waals surface area contributed by atoms with E-state index in [4.69, 9.17) is 21.1 Å². The summed E-state index contributed by atoms with van der Waals surface area (Å²) in [6, 6.07) is 4.28. The zero-order valence-corrected chi connectivity index (χ0v) is 11.8. The fraction of sp³-hybridized carbons (Fsp3) is 0.182. The second-order valence-electron chi connectivity index (χ2n) is 3.55. The Morgan fingerprint density at radius 3 is 2.42 bits per heavy atom. The van der Waals surface area contributed by atoms with Gasteiger partial charge < -0.3 is 9.47 Å². The van der Waals surface area contributed by atoms with Crippen LogP contribution in [0.4, 0.5) is 0 Å². The van der Waals surface area contributed by atoms with E-state index in [0.717, 1.165) is 4.09 Å². The number of ether oxygens (including phenoxy) is 2. The first kappa shape index (κ1) is 13.7. The van der Waals surface area contributed by atoms with Crippen LogP contribution in [0, 0.1) is 0 Å². The van der Waals surface area contributed by atoms with E-state index in [2.05, 4.69) is 5.10 Å². The first-order valence-corrected chi connectivity index (χ1v) is 6.98. The summed E-state index contributed by atoms with van der Waals surface area (Å²) in [5.41, 5.74) is 0. The molecule has 2 rings (SSSR count). The average molecular weight is 303 g/mol. The van der Waals surface area contributed by atoms with Gasteiger partial charge in [-0.05, 0) is 12.1 Å². The Labute approximate surface area is 115 Å². The van der Waals surface area contributed by atoms with Crippen LogP contribution in [0.3, 0.4) is 0 Å². The molecule has 1 aromatic carbocycles. The lowest BCUT2D eigenvalue weighted by molar-refractivity contribution is 0.354. The topological polar surface area (TPSA) is 70.4 Å². The summed E-state index contributed by atoms with van der Waals surface area (Å²) in [6.45, 7) is 0. The fourth-order valence-corrected chi connectivity index (χ4v) is 2.83. The highest BCUT2D eigenvalue weighted by atomic mass is 35.5. The first-order valence-electron chi connectivity index (χ1n) is 5.17. The first-order chi connectivity index (χ1) is 8.98. The molecule has 6 nitrogen and oxygen atoms in total. The third kappa shape index (κ3) is 2.52. The standard InChI is InChI=1S/C11H11ClN2O4S/c1-17-10-4-3-9(5-11(10)18-2)19(15,16)14-7-8(12)6-13-14/h3-7H,1-2H3. The lowest BCUT2D eigenvalue weighted by Crippen LogP contribution is -2.13. The van der Waals surface area contributed by atoms with Crippen LogP contribution in [-0.4, -0.2) is 31.8 Å². The van der Waals surface area contributed by atoms with E-state index >= 15 is 0 Å². The predicted octanol–water partition coefficient (Wildman–Crippen LogP) is 1.79. The Morgan fingerprint density at radius 1 is 1.21 bits per heavy atom. The quantitative estimate of drug-likeness (QED) is 0.861. The molecule has 0 N–H and O–H groups in total. The van der Waals surface area contributed by atoms with Crippen molar-refractivity contribution < 1.29 is 17.9 Å². The van der Waals surface area contributed by atoms with E-state index < -0.39 is 10.0 Å². The largest absolute Gasteiger partial charge is 0.493 e. The minimum absolute atomic E-state index is 0.0323. The van der Waals surface area contributed by atoms with Crippen molar-refractivity contribution >= 4 is 21.6 Å². The number of hydrogen-bond donors (Lipinski definition) is 0. The summed E-state index contributed by atoms with van der Waals surface area (Å²) in [6.07, 6.45) is 2.47. The van der Waals surface area contributed by atoms with Gasteiger partial charge in [-0.25, -0.2) is 0 Å². The van der Waals surface area contributed by atoms with Crippen molar-refractivity contribution in [2.24, 2.45) is 0 Å². The van der Waals surface area contributed by atoms with Crippen molar-refractivity contribution in [3.05, 3.63) is 35.6 Å². The predicted molar refractivity (Wildman–Crippen MR) is 69.4 cm³/mol. The van der Waals surface area contributed by atoms with Gasteiger partial charge in [-0.3, -0.25) is 0 Å². The van der Waals surface area contributed by atoms with E-state index in [0.29, 0.717) is 11.5 Å². The Hall–Kier alpha value is -1.73. The summed E-state index contributed by atoms with van der Waals surface area (Å²) in [5, 5.41) is 3.93. The maximum atomic E-state index is 12.3. The molecule has 0 aliphatic rings. The maximum Gasteiger partial charge on any atom is 0.283 e. The van der Waals surface area contributed by atoms with Gasteiger partial charge in [0.15, 0.2) is 11.5 Å². The molecule has 1 aromatic heterocycles. The monoisotopic (exact) mass is 302 g/mol. The number of benzene rings is 1. The van der Waals surface area contributed by atoms with Gasteiger partial charge >= 0.3 is 0 Å². The Kier molecular flexibility index (Phi) is 3.68. The second kappa shape index (κ2) is 5.10. The van der Waals surface area contributed by atoms with Crippen LogP contribution in [0.5, 0.6) is 11.5 Å². The minimum atomic E-state index is -3.79. The molecule has 8 heteroatoms. The zero-order valence-electron chi connectivity index (χ0n) is 10.2. The average Bonchev–Trinajstić information content (AvgIpc) is 2.85. The summed E-state index contributed by atoms with van der Waals surface area (Å²) in [7, 11) is -0.889. The van der Waals surface area contributed by atoms with Crippen LogP contribution in [-0.2, 0) is 10.0 Å². The van der Waals surface area contributed by atoms with Crippen LogP contribution in [0.15, 0.2) is 35.5 Å². The summed E-state index contributed by atoms with van der Waals surface area (Å²) in [5.74, 6) is 0.766. The molecule has 102 valence electrons. The number of hydrogen-bond acceptors (Lipinski definition) is 5. The Bertz CT molecular complexity index is 696. The van der Waals surface area contributed by atoms with Crippen molar-refractivity contribution in [1.29, 1.82) is 0 Å². The van der Waals surface area contributed by atoms with E-state index in [1.807, 2.05) is 0 Å². The molecule has 0 fully saturated rings. The van der Waals surface area contributed by atoms with Crippen LogP contribution in [0.2, 0.25) is 5.02 Å². The summed E-state index contributed by atoms with van der Waals surface area (Å²) in [4.78, 5) is 0.0323. The van der Waals surface area contributed by atoms with Crippen LogP contribution >= 0.6 is 11.6 Å². The van der Waals surface area contributed by atoms with E-state index in [-0.39, 0.29) is 9.92 Å². The van der Waals surface area contributed by atoms with E-state index in [1.165, 1.54) is 44.8 Å². The van der Waals surface area contributed by atoms with E-state index in [1.54, 1.807) is 0 Å². The molecule has 0 spiro atoms. The van der Waals surface area contributed by atoms with Crippen molar-refractivity contribution in [3.63, 3.8) is 0 Å². The van der Waals surface area contributed by atoms with Crippen LogP contribution in [0.1, 0.15) is 0 Å². The number of nitrogens with zero attached hydrogens (tertiary/aromatic N) is 2. The molecular formula is C11H11ClN2O4S. The van der Waals surface area contributed by atoms with Gasteiger partial charge in [0.1, 0.15) is 0 Å². The Morgan fingerprint density at radius 2 is 1.89 bits per heavy atom. The molecule has 0 saturated carbocycles. The van der Waals surface area contributed by atoms with Gasteiger partial charge in [0.05, 0.1) is 36.5 Å². The molecule has 0 aliphatic heterocycles. The lowest BCUT2D eigenvalue weighted by atomic mass is 10.3. The molecular weight excluding hydrogens is 292 g/mol. The third-order valence-electron chi connectivity index (χ3n) is 2.43. The SMILES string of the molecule is COc1ccc(S(=O)(=O)n2cc(Cl)cn2)cc1OC. The minimum Gasteiger partial charge on any atom is -0.493 e. The van der Waals surface area contributed by atoms with Crippen LogP contribution in [0.25, 0.3) is 0 Å². The molecule has 1 heterocycles. The smallest absolute Gasteiger partial charge is 0.283 e. The van der Waals surface area contributed by atoms with Gasteiger partial charge in [0, 0.05) is 6.07 Å². The van der Waals surface area contributed by atoms with E-state index in [9.17, 15) is 8.42 Å². The van der Waals surface area contributed by atoms with Gasteiger partial charge in [0.2, 0.25) is 0 Å². The highest BCUT2D eigenvalue weighted by molar-refractivity contribution is 7.89. The molecule has 0 bridgehead atoms. The molecule has 0 saturated heterocycles. The zero-order chi connectivity index (χ0) is 14.0. The number of aromatic nitrogens is 2. The summed E-state index contributed by atoms with van der Waals surface area (Å²) >= 11 is 5.67. The Balaban J connectivity index is 2.52. The highest BCUT2D eigenvalue weighted by Crippen LogP contribution is 2.30. The molecule has 0 radical (unpaired) electrons. The molecule has 0 amide bonds. The number of methoxy groups -OCH3 is 2. The lowest BCUT2D eigenvalue weighted by Gasteiger charge is -2.10. The molecule has 19 heavy (non-hydrogen) atoms. The van der Waals surface area contributed by atoms with Crippen molar-refractivity contribution in [1.82, 2.24) is 9.19 Å². The van der Waals surface area contributed by atoms with Crippen LogP contribution < -0.4 is 9.47 Å². The van der Waals surface area contributed by atoms with Crippen molar-refractivity contribution in [2.45, 2.75) is 4.90 Å². The van der Waals surface area contributed by atoms with Gasteiger partial charge in [-0.2, -0.15) is 17.6 Å². The second-order valence-corrected chi connectivity index (χ2v) is 5.79. The molecule has 0 aliphatic carbocycles. The van der Waals surface area contributed by atoms with Gasteiger partial charge in [-0.1, -0.05) is 11.6 Å². The number of rotatable bonds is 4. The molecule has 2 aromatic rings. The molecule has 0 unspecified atom stereocenters. The van der Waals surface area contributed by atoms with Crippen molar-refractivity contribution in [3.8, 4) is 11.5 Å². The molecule has 0 atom stereocenters. The maximum absolute atomic E-state index is 12.3. The van der Waals surface area contributed by atoms with Crippen molar-refractivity contribution in [2.75, 3.05) is 14.2 Å².